The van der Waals surface area contributed by atoms with Crippen molar-refractivity contribution < 1.29 is 14.3 Å². The topological polar surface area (TPSA) is 43.4 Å². The third-order valence-electron chi connectivity index (χ3n) is 2.41. The molecule has 1 atom stereocenters. The van der Waals surface area contributed by atoms with Gasteiger partial charge in [-0.05, 0) is 20.3 Å². The van der Waals surface area contributed by atoms with Crippen LogP contribution in [0.15, 0.2) is 0 Å². The fraction of sp³-hybridized carbons (Fsp3) is 0.800. The Bertz CT molecular complexity index is 230. The third-order valence-corrected chi connectivity index (χ3v) is 2.41. The van der Waals surface area contributed by atoms with Gasteiger partial charge in [-0.15, -0.1) is 0 Å². The van der Waals surface area contributed by atoms with Gasteiger partial charge in [-0.25, -0.2) is 0 Å². The van der Waals surface area contributed by atoms with E-state index < -0.39 is 11.5 Å². The van der Waals surface area contributed by atoms with Gasteiger partial charge in [-0.2, -0.15) is 0 Å². The minimum absolute atomic E-state index is 0.0260. The van der Waals surface area contributed by atoms with E-state index in [0.717, 1.165) is 6.42 Å². The van der Waals surface area contributed by atoms with Crippen LogP contribution in [0.1, 0.15) is 33.6 Å². The summed E-state index contributed by atoms with van der Waals surface area (Å²) in [6, 6.07) is 0. The van der Waals surface area contributed by atoms with Gasteiger partial charge in [-0.3, -0.25) is 9.59 Å². The number of ketones is 2. The van der Waals surface area contributed by atoms with Crippen LogP contribution in [0.5, 0.6) is 0 Å². The lowest BCUT2D eigenvalue weighted by Gasteiger charge is -2.13. The molecular weight excluding hydrogens is 168 g/mol. The smallest absolute Gasteiger partial charge is 0.176 e. The summed E-state index contributed by atoms with van der Waals surface area (Å²) in [5.41, 5.74) is -0.756. The molecule has 0 radical (unpaired) electrons. The highest BCUT2D eigenvalue weighted by Crippen LogP contribution is 2.26. The summed E-state index contributed by atoms with van der Waals surface area (Å²) in [5.74, 6) is -0.543. The summed E-state index contributed by atoms with van der Waals surface area (Å²) in [6.07, 6.45) is 1.28. The average molecular weight is 184 g/mol. The Kier molecular flexibility index (Phi) is 2.86. The molecule has 0 aromatic heterocycles. The predicted octanol–water partition coefficient (Wildman–Crippen LogP) is 1.35. The van der Waals surface area contributed by atoms with Crippen molar-refractivity contribution in [2.24, 2.45) is 5.92 Å². The van der Waals surface area contributed by atoms with E-state index in [-0.39, 0.29) is 18.2 Å². The first kappa shape index (κ1) is 10.4. The number of rotatable bonds is 3. The average Bonchev–Trinajstić information content (AvgIpc) is 2.28. The van der Waals surface area contributed by atoms with E-state index in [2.05, 4.69) is 0 Å². The summed E-state index contributed by atoms with van der Waals surface area (Å²) in [7, 11) is 0. The maximum atomic E-state index is 11.6. The van der Waals surface area contributed by atoms with Gasteiger partial charge in [0.15, 0.2) is 5.78 Å². The van der Waals surface area contributed by atoms with E-state index in [1.54, 1.807) is 13.8 Å². The summed E-state index contributed by atoms with van der Waals surface area (Å²) < 4.78 is 5.26. The Morgan fingerprint density at radius 2 is 2.23 bits per heavy atom. The molecule has 0 spiro atoms. The van der Waals surface area contributed by atoms with Gasteiger partial charge in [0.1, 0.15) is 17.3 Å². The maximum Gasteiger partial charge on any atom is 0.176 e. The zero-order chi connectivity index (χ0) is 10.1. The lowest BCUT2D eigenvalue weighted by atomic mass is 9.91. The predicted molar refractivity (Wildman–Crippen MR) is 48.4 cm³/mol. The molecule has 0 saturated carbocycles. The second kappa shape index (κ2) is 3.58. The Morgan fingerprint density at radius 1 is 1.62 bits per heavy atom. The first-order valence-corrected chi connectivity index (χ1v) is 4.70. The fourth-order valence-electron chi connectivity index (χ4n) is 1.52. The van der Waals surface area contributed by atoms with Crippen LogP contribution < -0.4 is 0 Å². The largest absolute Gasteiger partial charge is 0.367 e. The summed E-state index contributed by atoms with van der Waals surface area (Å²) in [4.78, 5) is 23.0. The van der Waals surface area contributed by atoms with Crippen LogP contribution >= 0.6 is 0 Å². The number of ether oxygens (including phenoxy) is 1. The lowest BCUT2D eigenvalue weighted by molar-refractivity contribution is -0.134. The van der Waals surface area contributed by atoms with Gasteiger partial charge in [-0.1, -0.05) is 6.92 Å². The molecule has 1 heterocycles. The lowest BCUT2D eigenvalue weighted by Crippen LogP contribution is -2.32. The molecule has 0 aromatic rings. The van der Waals surface area contributed by atoms with Crippen LogP contribution in [0, 0.1) is 5.92 Å². The van der Waals surface area contributed by atoms with Gasteiger partial charge in [0.25, 0.3) is 0 Å². The maximum absolute atomic E-state index is 11.6. The molecule has 0 amide bonds. The van der Waals surface area contributed by atoms with Gasteiger partial charge < -0.3 is 4.74 Å². The van der Waals surface area contributed by atoms with E-state index >= 15 is 0 Å². The van der Waals surface area contributed by atoms with E-state index in [1.807, 2.05) is 6.92 Å². The SMILES string of the molecule is CCCC(=O)C1COC(C)(C)C1=O. The first-order valence-electron chi connectivity index (χ1n) is 4.70. The van der Waals surface area contributed by atoms with Gasteiger partial charge >= 0.3 is 0 Å². The molecule has 0 N–H and O–H groups in total. The molecular formula is C10H16O3. The normalized spacial score (nSPS) is 26.4. The van der Waals surface area contributed by atoms with Crippen molar-refractivity contribution in [3.05, 3.63) is 0 Å². The Labute approximate surface area is 78.5 Å². The Balaban J connectivity index is 2.65. The molecule has 0 aliphatic carbocycles. The molecule has 1 unspecified atom stereocenters. The van der Waals surface area contributed by atoms with Crippen molar-refractivity contribution >= 4 is 11.6 Å². The molecule has 13 heavy (non-hydrogen) atoms. The summed E-state index contributed by atoms with van der Waals surface area (Å²) >= 11 is 0. The van der Waals surface area contributed by atoms with Gasteiger partial charge in [0, 0.05) is 6.42 Å². The summed E-state index contributed by atoms with van der Waals surface area (Å²) in [6.45, 7) is 5.64. The van der Waals surface area contributed by atoms with Crippen LogP contribution in [0.3, 0.4) is 0 Å². The molecule has 1 rings (SSSR count). The molecule has 1 aliphatic rings. The molecule has 3 nitrogen and oxygen atoms in total. The zero-order valence-corrected chi connectivity index (χ0v) is 8.42. The minimum atomic E-state index is -0.756. The summed E-state index contributed by atoms with van der Waals surface area (Å²) in [5, 5.41) is 0. The van der Waals surface area contributed by atoms with Gasteiger partial charge in [0.2, 0.25) is 0 Å². The standard InChI is InChI=1S/C10H16O3/c1-4-5-8(11)7-6-13-10(2,3)9(7)12/h7H,4-6H2,1-3H3. The quantitative estimate of drug-likeness (QED) is 0.622. The van der Waals surface area contributed by atoms with Crippen LogP contribution in [0.2, 0.25) is 0 Å². The Morgan fingerprint density at radius 3 is 2.62 bits per heavy atom. The first-order chi connectivity index (χ1) is 5.99. The van der Waals surface area contributed by atoms with Crippen LogP contribution in [-0.4, -0.2) is 23.8 Å². The van der Waals surface area contributed by atoms with Crippen molar-refractivity contribution in [1.82, 2.24) is 0 Å². The highest BCUT2D eigenvalue weighted by atomic mass is 16.5. The van der Waals surface area contributed by atoms with E-state index in [1.165, 1.54) is 0 Å². The molecule has 0 bridgehead atoms. The van der Waals surface area contributed by atoms with E-state index in [0.29, 0.717) is 6.42 Å². The molecule has 1 saturated heterocycles. The van der Waals surface area contributed by atoms with Crippen molar-refractivity contribution in [3.8, 4) is 0 Å². The van der Waals surface area contributed by atoms with Crippen LogP contribution in [-0.2, 0) is 14.3 Å². The molecule has 1 aliphatic heterocycles. The second-order valence-electron chi connectivity index (χ2n) is 3.95. The highest BCUT2D eigenvalue weighted by Gasteiger charge is 2.44. The zero-order valence-electron chi connectivity index (χ0n) is 8.42. The second-order valence-corrected chi connectivity index (χ2v) is 3.95. The number of carbonyl (C=O) groups excluding carboxylic acids is 2. The van der Waals surface area contributed by atoms with Crippen molar-refractivity contribution in [2.75, 3.05) is 6.61 Å². The van der Waals surface area contributed by atoms with Crippen molar-refractivity contribution in [2.45, 2.75) is 39.2 Å². The number of Topliss-reactive ketones (excluding diaryl/α,β-unsaturated/α-hetero) is 2. The molecule has 0 aromatic carbocycles. The van der Waals surface area contributed by atoms with Crippen molar-refractivity contribution in [1.29, 1.82) is 0 Å². The number of hydrogen-bond acceptors (Lipinski definition) is 3. The molecule has 1 fully saturated rings. The van der Waals surface area contributed by atoms with E-state index in [9.17, 15) is 9.59 Å². The van der Waals surface area contributed by atoms with Crippen LogP contribution in [0.4, 0.5) is 0 Å². The van der Waals surface area contributed by atoms with Crippen molar-refractivity contribution in [3.63, 3.8) is 0 Å². The van der Waals surface area contributed by atoms with Gasteiger partial charge in [0.05, 0.1) is 6.61 Å². The third kappa shape index (κ3) is 1.97. The minimum Gasteiger partial charge on any atom is -0.367 e. The number of carbonyl (C=O) groups is 2. The highest BCUT2D eigenvalue weighted by molar-refractivity contribution is 6.07. The fourth-order valence-corrected chi connectivity index (χ4v) is 1.52. The van der Waals surface area contributed by atoms with Crippen LogP contribution in [0.25, 0.3) is 0 Å². The Hall–Kier alpha value is -0.700. The van der Waals surface area contributed by atoms with E-state index in [4.69, 9.17) is 4.74 Å². The monoisotopic (exact) mass is 184 g/mol. The molecule has 3 heteroatoms. The molecule has 74 valence electrons. The number of hydrogen-bond donors (Lipinski definition) is 0.